The van der Waals surface area contributed by atoms with Crippen LogP contribution in [0.15, 0.2) is 36.4 Å². The number of hydrogen-bond acceptors (Lipinski definition) is 8. The summed E-state index contributed by atoms with van der Waals surface area (Å²) < 4.78 is 21.8. The number of ether oxygens (including phenoxy) is 4. The monoisotopic (exact) mass is 425 g/mol. The van der Waals surface area contributed by atoms with Crippen molar-refractivity contribution in [2.45, 2.75) is 12.3 Å². The Balaban J connectivity index is 1.91. The van der Waals surface area contributed by atoms with Crippen molar-refractivity contribution < 1.29 is 28.7 Å². The molecule has 0 radical (unpaired) electrons. The fourth-order valence-corrected chi connectivity index (χ4v) is 3.81. The second-order valence-electron chi connectivity index (χ2n) is 6.78. The Morgan fingerprint density at radius 3 is 2.58 bits per heavy atom. The Kier molecular flexibility index (Phi) is 5.20. The molecule has 1 aliphatic heterocycles. The van der Waals surface area contributed by atoms with Gasteiger partial charge in [0.05, 0.1) is 43.9 Å². The molecular formula is C21H19N3O7. The molecular weight excluding hydrogens is 406 g/mol. The van der Waals surface area contributed by atoms with Crippen molar-refractivity contribution in [2.75, 3.05) is 21.3 Å². The van der Waals surface area contributed by atoms with E-state index >= 15 is 0 Å². The number of nitrogens with zero attached hydrogens (tertiary/aromatic N) is 2. The molecule has 0 saturated carbocycles. The normalized spacial score (nSPS) is 15.1. The second-order valence-corrected chi connectivity index (χ2v) is 6.78. The third-order valence-electron chi connectivity index (χ3n) is 5.15. The molecule has 0 bridgehead atoms. The largest absolute Gasteiger partial charge is 0.493 e. The van der Waals surface area contributed by atoms with E-state index in [1.807, 2.05) is 0 Å². The molecule has 4 rings (SSSR count). The van der Waals surface area contributed by atoms with Crippen LogP contribution in [0.4, 0.5) is 5.69 Å². The minimum Gasteiger partial charge on any atom is -0.493 e. The number of rotatable bonds is 6. The van der Waals surface area contributed by atoms with Crippen LogP contribution in [0.1, 0.15) is 23.5 Å². The number of carbonyl (C=O) groups excluding carboxylic acids is 1. The number of nitro groups is 1. The van der Waals surface area contributed by atoms with Gasteiger partial charge in [-0.3, -0.25) is 20.0 Å². The van der Waals surface area contributed by atoms with E-state index in [0.717, 1.165) is 0 Å². The minimum atomic E-state index is -0.487. The smallest absolute Gasteiger partial charge is 0.313 e. The lowest BCUT2D eigenvalue weighted by molar-refractivity contribution is -0.384. The summed E-state index contributed by atoms with van der Waals surface area (Å²) in [5.41, 5.74) is 2.28. The van der Waals surface area contributed by atoms with Crippen LogP contribution in [0.3, 0.4) is 0 Å². The van der Waals surface area contributed by atoms with Gasteiger partial charge in [0.15, 0.2) is 11.5 Å². The molecule has 160 valence electrons. The number of aromatic amines is 1. The standard InChI is InChI=1S/C21H19N3O7/c1-28-15-8-7-13(19(29-2)20(15)30-3)14-10-16(25)31-21-17(14)18(22-23-21)11-5-4-6-12(9-11)24(26)27/h4-9,14H,10H2,1-3H3,(H,22,23)/t14-/m1/s1. The molecule has 0 amide bonds. The number of hydrogen-bond donors (Lipinski definition) is 1. The highest BCUT2D eigenvalue weighted by atomic mass is 16.6. The van der Waals surface area contributed by atoms with Crippen molar-refractivity contribution in [2.24, 2.45) is 0 Å². The molecule has 31 heavy (non-hydrogen) atoms. The van der Waals surface area contributed by atoms with E-state index in [1.165, 1.54) is 33.5 Å². The molecule has 0 aliphatic carbocycles. The van der Waals surface area contributed by atoms with E-state index < -0.39 is 16.8 Å². The number of aromatic nitrogens is 2. The van der Waals surface area contributed by atoms with Gasteiger partial charge in [-0.15, -0.1) is 5.10 Å². The maximum atomic E-state index is 12.3. The molecule has 10 heteroatoms. The van der Waals surface area contributed by atoms with Crippen LogP contribution in [-0.2, 0) is 4.79 Å². The molecule has 3 aromatic rings. The van der Waals surface area contributed by atoms with Crippen LogP contribution >= 0.6 is 0 Å². The Bertz CT molecular complexity index is 1170. The first kappa shape index (κ1) is 20.2. The quantitative estimate of drug-likeness (QED) is 0.362. The van der Waals surface area contributed by atoms with Gasteiger partial charge in [-0.05, 0) is 6.07 Å². The van der Waals surface area contributed by atoms with Crippen molar-refractivity contribution in [3.8, 4) is 34.4 Å². The highest BCUT2D eigenvalue weighted by Gasteiger charge is 2.36. The summed E-state index contributed by atoms with van der Waals surface area (Å²) in [6.07, 6.45) is 0.0281. The van der Waals surface area contributed by atoms with Crippen LogP contribution in [0.25, 0.3) is 11.3 Å². The van der Waals surface area contributed by atoms with E-state index in [4.69, 9.17) is 18.9 Å². The lowest BCUT2D eigenvalue weighted by atomic mass is 9.85. The summed E-state index contributed by atoms with van der Waals surface area (Å²) in [5, 5.41) is 18.2. The van der Waals surface area contributed by atoms with E-state index in [-0.39, 0.29) is 18.0 Å². The summed E-state index contributed by atoms with van der Waals surface area (Å²) >= 11 is 0. The van der Waals surface area contributed by atoms with Gasteiger partial charge in [0.1, 0.15) is 0 Å². The zero-order chi connectivity index (χ0) is 22.1. The van der Waals surface area contributed by atoms with Gasteiger partial charge in [0.2, 0.25) is 11.6 Å². The number of nitrogens with one attached hydrogen (secondary N) is 1. The molecule has 1 atom stereocenters. The third-order valence-corrected chi connectivity index (χ3v) is 5.15. The van der Waals surface area contributed by atoms with Gasteiger partial charge in [0, 0.05) is 29.2 Å². The zero-order valence-electron chi connectivity index (χ0n) is 17.0. The number of fused-ring (bicyclic) bond motifs is 1. The maximum Gasteiger partial charge on any atom is 0.313 e. The Hall–Kier alpha value is -4.08. The average Bonchev–Trinajstić information content (AvgIpc) is 3.21. The van der Waals surface area contributed by atoms with Crippen LogP contribution in [0.5, 0.6) is 23.1 Å². The van der Waals surface area contributed by atoms with Crippen molar-refractivity contribution in [3.63, 3.8) is 0 Å². The van der Waals surface area contributed by atoms with Crippen LogP contribution in [-0.4, -0.2) is 42.4 Å². The van der Waals surface area contributed by atoms with E-state index in [9.17, 15) is 14.9 Å². The second kappa shape index (κ2) is 7.98. The summed E-state index contributed by atoms with van der Waals surface area (Å²) in [6, 6.07) is 9.66. The van der Waals surface area contributed by atoms with Crippen LogP contribution in [0, 0.1) is 10.1 Å². The van der Waals surface area contributed by atoms with Crippen molar-refractivity contribution >= 4 is 11.7 Å². The van der Waals surface area contributed by atoms with Crippen LogP contribution < -0.4 is 18.9 Å². The zero-order valence-corrected chi connectivity index (χ0v) is 17.0. The summed E-state index contributed by atoms with van der Waals surface area (Å²) in [6.45, 7) is 0. The van der Waals surface area contributed by atoms with Crippen molar-refractivity contribution in [1.29, 1.82) is 0 Å². The topological polar surface area (TPSA) is 126 Å². The Morgan fingerprint density at radius 1 is 1.13 bits per heavy atom. The SMILES string of the molecule is COc1ccc([C@H]2CC(=O)Oc3n[nH]c(-c4cccc([N+](=O)[O-])c4)c32)c(OC)c1OC. The highest BCUT2D eigenvalue weighted by molar-refractivity contribution is 5.81. The maximum absolute atomic E-state index is 12.3. The first-order valence-corrected chi connectivity index (χ1v) is 9.31. The number of esters is 1. The average molecular weight is 425 g/mol. The molecule has 2 aromatic carbocycles. The molecule has 1 aliphatic rings. The summed E-state index contributed by atoms with van der Waals surface area (Å²) in [4.78, 5) is 23.1. The van der Waals surface area contributed by atoms with Crippen LogP contribution in [0.2, 0.25) is 0 Å². The minimum absolute atomic E-state index is 0.0281. The summed E-state index contributed by atoms with van der Waals surface area (Å²) in [5.74, 6) is 0.472. The summed E-state index contributed by atoms with van der Waals surface area (Å²) in [7, 11) is 4.51. The van der Waals surface area contributed by atoms with Gasteiger partial charge in [0.25, 0.3) is 5.69 Å². The van der Waals surface area contributed by atoms with E-state index in [1.54, 1.807) is 24.3 Å². The van der Waals surface area contributed by atoms with Crippen molar-refractivity contribution in [1.82, 2.24) is 10.2 Å². The van der Waals surface area contributed by atoms with Crippen molar-refractivity contribution in [3.05, 3.63) is 57.6 Å². The van der Waals surface area contributed by atoms with Gasteiger partial charge in [-0.25, -0.2) is 0 Å². The number of H-pyrrole nitrogens is 1. The predicted molar refractivity (Wildman–Crippen MR) is 109 cm³/mol. The first-order valence-electron chi connectivity index (χ1n) is 9.31. The molecule has 1 N–H and O–H groups in total. The molecule has 0 unspecified atom stereocenters. The van der Waals surface area contributed by atoms with Gasteiger partial charge in [-0.1, -0.05) is 18.2 Å². The number of carbonyl (C=O) groups is 1. The molecule has 1 aromatic heterocycles. The molecule has 10 nitrogen and oxygen atoms in total. The predicted octanol–water partition coefficient (Wildman–Crippen LogP) is 3.45. The van der Waals surface area contributed by atoms with Gasteiger partial charge in [-0.2, -0.15) is 0 Å². The molecule has 0 fully saturated rings. The first-order chi connectivity index (χ1) is 15.0. The number of nitro benzene ring substituents is 1. The number of non-ortho nitro benzene ring substituents is 1. The number of benzene rings is 2. The van der Waals surface area contributed by atoms with Gasteiger partial charge < -0.3 is 18.9 Å². The van der Waals surface area contributed by atoms with Gasteiger partial charge >= 0.3 is 5.97 Å². The fraction of sp³-hybridized carbons (Fsp3) is 0.238. The van der Waals surface area contributed by atoms with E-state index in [2.05, 4.69) is 10.2 Å². The lowest BCUT2D eigenvalue weighted by Gasteiger charge is -2.25. The molecule has 2 heterocycles. The highest BCUT2D eigenvalue weighted by Crippen LogP contribution is 2.49. The fourth-order valence-electron chi connectivity index (χ4n) is 3.81. The third kappa shape index (κ3) is 3.41. The number of methoxy groups -OCH3 is 3. The molecule has 0 saturated heterocycles. The molecule has 0 spiro atoms. The Labute approximate surface area is 176 Å². The Morgan fingerprint density at radius 2 is 1.90 bits per heavy atom. The lowest BCUT2D eigenvalue weighted by Crippen LogP contribution is -2.21. The van der Waals surface area contributed by atoms with E-state index in [0.29, 0.717) is 39.6 Å².